The van der Waals surface area contributed by atoms with Gasteiger partial charge in [0, 0.05) is 6.61 Å². The molecule has 0 unspecified atom stereocenters. The van der Waals surface area contributed by atoms with E-state index in [-0.39, 0.29) is 10.9 Å². The molecule has 0 bridgehead atoms. The standard InChI is InChI=1S/C19H30N4O3S/c1-16(9-8-13-26-15-17-10-6-5-7-11-17)12-14-27(24,25)18-20-21-22-23(18)19(2,3)4/h5-7,10-11,16H,8-9,12-15H2,1-4H3/t16-/m1/s1. The Bertz CT molecular complexity index is 798. The molecule has 0 aliphatic heterocycles. The van der Waals surface area contributed by atoms with Crippen molar-refractivity contribution in [3.05, 3.63) is 35.9 Å². The summed E-state index contributed by atoms with van der Waals surface area (Å²) in [6, 6.07) is 10.1. The smallest absolute Gasteiger partial charge is 0.268 e. The Morgan fingerprint density at radius 3 is 2.52 bits per heavy atom. The van der Waals surface area contributed by atoms with Crippen LogP contribution in [0.25, 0.3) is 0 Å². The van der Waals surface area contributed by atoms with Crippen molar-refractivity contribution in [2.75, 3.05) is 12.4 Å². The zero-order valence-electron chi connectivity index (χ0n) is 16.6. The van der Waals surface area contributed by atoms with Crippen LogP contribution in [0.15, 0.2) is 35.5 Å². The van der Waals surface area contributed by atoms with Gasteiger partial charge in [0.15, 0.2) is 0 Å². The lowest BCUT2D eigenvalue weighted by molar-refractivity contribution is 0.114. The van der Waals surface area contributed by atoms with E-state index in [1.165, 1.54) is 4.68 Å². The second-order valence-electron chi connectivity index (χ2n) is 7.94. The first-order valence-corrected chi connectivity index (χ1v) is 11.0. The average Bonchev–Trinajstić information content (AvgIpc) is 3.12. The maximum atomic E-state index is 12.6. The van der Waals surface area contributed by atoms with E-state index < -0.39 is 15.4 Å². The molecule has 1 heterocycles. The van der Waals surface area contributed by atoms with E-state index in [0.29, 0.717) is 25.6 Å². The number of tetrazole rings is 1. The third-order valence-electron chi connectivity index (χ3n) is 4.33. The lowest BCUT2D eigenvalue weighted by atomic mass is 10.0. The fourth-order valence-electron chi connectivity index (χ4n) is 2.68. The highest BCUT2D eigenvalue weighted by Crippen LogP contribution is 2.20. The molecule has 0 fully saturated rings. The predicted octanol–water partition coefficient (Wildman–Crippen LogP) is 3.23. The molecule has 8 heteroatoms. The minimum atomic E-state index is -3.50. The minimum absolute atomic E-state index is 0.0478. The van der Waals surface area contributed by atoms with Crippen LogP contribution in [-0.4, -0.2) is 41.0 Å². The third-order valence-corrected chi connectivity index (χ3v) is 5.92. The predicted molar refractivity (Wildman–Crippen MR) is 104 cm³/mol. The highest BCUT2D eigenvalue weighted by molar-refractivity contribution is 7.91. The van der Waals surface area contributed by atoms with Gasteiger partial charge in [0.05, 0.1) is 17.9 Å². The zero-order valence-corrected chi connectivity index (χ0v) is 17.4. The van der Waals surface area contributed by atoms with Crippen molar-refractivity contribution >= 4 is 9.84 Å². The molecule has 0 aliphatic carbocycles. The summed E-state index contributed by atoms with van der Waals surface area (Å²) < 4.78 is 32.3. The summed E-state index contributed by atoms with van der Waals surface area (Å²) in [5.41, 5.74) is 0.682. The monoisotopic (exact) mass is 394 g/mol. The van der Waals surface area contributed by atoms with Crippen LogP contribution in [0, 0.1) is 5.92 Å². The summed E-state index contributed by atoms with van der Waals surface area (Å²) >= 11 is 0. The lowest BCUT2D eigenvalue weighted by Gasteiger charge is -2.20. The van der Waals surface area contributed by atoms with Crippen LogP contribution in [0.5, 0.6) is 0 Å². The number of ether oxygens (including phenoxy) is 1. The maximum Gasteiger partial charge on any atom is 0.268 e. The van der Waals surface area contributed by atoms with Gasteiger partial charge in [0.1, 0.15) is 0 Å². The van der Waals surface area contributed by atoms with Crippen molar-refractivity contribution < 1.29 is 13.2 Å². The molecule has 1 atom stereocenters. The molecule has 0 radical (unpaired) electrons. The van der Waals surface area contributed by atoms with Crippen molar-refractivity contribution in [1.29, 1.82) is 0 Å². The highest BCUT2D eigenvalue weighted by Gasteiger charge is 2.29. The van der Waals surface area contributed by atoms with Crippen LogP contribution >= 0.6 is 0 Å². The van der Waals surface area contributed by atoms with Crippen molar-refractivity contribution in [3.63, 3.8) is 0 Å². The van der Waals surface area contributed by atoms with E-state index >= 15 is 0 Å². The average molecular weight is 395 g/mol. The zero-order chi connectivity index (χ0) is 19.9. The van der Waals surface area contributed by atoms with Gasteiger partial charge in [-0.3, -0.25) is 0 Å². The molecule has 27 heavy (non-hydrogen) atoms. The topological polar surface area (TPSA) is 87.0 Å². The summed E-state index contributed by atoms with van der Waals surface area (Å²) in [7, 11) is -3.50. The van der Waals surface area contributed by atoms with Gasteiger partial charge < -0.3 is 4.74 Å². The van der Waals surface area contributed by atoms with Crippen LogP contribution in [0.2, 0.25) is 0 Å². The van der Waals surface area contributed by atoms with Crippen LogP contribution in [0.3, 0.4) is 0 Å². The Labute approximate surface area is 162 Å². The van der Waals surface area contributed by atoms with Crippen LogP contribution in [0.4, 0.5) is 0 Å². The second kappa shape index (κ2) is 9.41. The molecule has 1 aromatic heterocycles. The molecule has 2 aromatic rings. The van der Waals surface area contributed by atoms with Gasteiger partial charge >= 0.3 is 0 Å². The van der Waals surface area contributed by atoms with Crippen LogP contribution in [0.1, 0.15) is 52.5 Å². The maximum absolute atomic E-state index is 12.6. The molecule has 7 nitrogen and oxygen atoms in total. The van der Waals surface area contributed by atoms with E-state index in [0.717, 1.165) is 18.4 Å². The summed E-state index contributed by atoms with van der Waals surface area (Å²) in [6.45, 7) is 8.98. The summed E-state index contributed by atoms with van der Waals surface area (Å²) in [5.74, 6) is 0.342. The largest absolute Gasteiger partial charge is 0.377 e. The molecular formula is C19H30N4O3S. The Hall–Kier alpha value is -1.80. The van der Waals surface area contributed by atoms with Crippen molar-refractivity contribution in [2.45, 2.75) is 64.3 Å². The van der Waals surface area contributed by atoms with E-state index in [2.05, 4.69) is 22.4 Å². The van der Waals surface area contributed by atoms with E-state index in [1.54, 1.807) is 0 Å². The van der Waals surface area contributed by atoms with Gasteiger partial charge in [0.2, 0.25) is 9.84 Å². The third kappa shape index (κ3) is 6.70. The van der Waals surface area contributed by atoms with Gasteiger partial charge in [-0.1, -0.05) is 42.4 Å². The van der Waals surface area contributed by atoms with Crippen molar-refractivity contribution in [2.24, 2.45) is 5.92 Å². The quantitative estimate of drug-likeness (QED) is 0.575. The van der Waals surface area contributed by atoms with Gasteiger partial charge in [-0.25, -0.2) is 13.1 Å². The van der Waals surface area contributed by atoms with E-state index in [9.17, 15) is 8.42 Å². The number of rotatable bonds is 10. The first-order valence-electron chi connectivity index (χ1n) is 9.33. The number of benzene rings is 1. The first-order chi connectivity index (χ1) is 12.7. The molecular weight excluding hydrogens is 364 g/mol. The molecule has 0 amide bonds. The fraction of sp³-hybridized carbons (Fsp3) is 0.632. The highest BCUT2D eigenvalue weighted by atomic mass is 32.2. The molecule has 150 valence electrons. The van der Waals surface area contributed by atoms with Gasteiger partial charge in [0.25, 0.3) is 5.16 Å². The summed E-state index contributed by atoms with van der Waals surface area (Å²) in [5, 5.41) is 11.1. The van der Waals surface area contributed by atoms with Crippen molar-refractivity contribution in [1.82, 2.24) is 20.2 Å². The Morgan fingerprint density at radius 1 is 1.15 bits per heavy atom. The fourth-order valence-corrected chi connectivity index (χ4v) is 4.31. The van der Waals surface area contributed by atoms with Crippen LogP contribution in [-0.2, 0) is 26.7 Å². The Balaban J connectivity index is 1.73. The number of nitrogens with zero attached hydrogens (tertiary/aromatic N) is 4. The van der Waals surface area contributed by atoms with E-state index in [1.807, 2.05) is 51.1 Å². The van der Waals surface area contributed by atoms with Crippen molar-refractivity contribution in [3.8, 4) is 0 Å². The summed E-state index contributed by atoms with van der Waals surface area (Å²) in [6.07, 6.45) is 2.42. The normalized spacial score (nSPS) is 13.6. The summed E-state index contributed by atoms with van der Waals surface area (Å²) in [4.78, 5) is 0. The Morgan fingerprint density at radius 2 is 1.85 bits per heavy atom. The van der Waals surface area contributed by atoms with Gasteiger partial charge in [-0.15, -0.1) is 0 Å². The molecule has 0 aliphatic rings. The molecule has 1 aromatic carbocycles. The molecule has 0 saturated carbocycles. The Kier molecular flexibility index (Phi) is 7.49. The number of sulfone groups is 1. The number of hydrogen-bond acceptors (Lipinski definition) is 6. The van der Waals surface area contributed by atoms with E-state index in [4.69, 9.17) is 4.74 Å². The SMILES string of the molecule is C[C@H](CCCOCc1ccccc1)CCS(=O)(=O)c1nnnn1C(C)(C)C. The molecule has 0 saturated heterocycles. The molecule has 0 N–H and O–H groups in total. The molecule has 0 spiro atoms. The second-order valence-corrected chi connectivity index (χ2v) is 9.94. The number of hydrogen-bond donors (Lipinski definition) is 0. The first kappa shape index (κ1) is 21.5. The minimum Gasteiger partial charge on any atom is -0.377 e. The number of aromatic nitrogens is 4. The van der Waals surface area contributed by atoms with Crippen LogP contribution < -0.4 is 0 Å². The van der Waals surface area contributed by atoms with Gasteiger partial charge in [-0.05, 0) is 61.9 Å². The van der Waals surface area contributed by atoms with Gasteiger partial charge in [-0.2, -0.15) is 0 Å². The molecule has 2 rings (SSSR count). The lowest BCUT2D eigenvalue weighted by Crippen LogP contribution is -2.28.